The molecule has 53 heavy (non-hydrogen) atoms. The van der Waals surface area contributed by atoms with Crippen molar-refractivity contribution in [3.05, 3.63) is 204 Å². The van der Waals surface area contributed by atoms with E-state index in [2.05, 4.69) is 199 Å². The summed E-state index contributed by atoms with van der Waals surface area (Å²) < 4.78 is 4.79. The number of benzene rings is 6. The molecule has 0 saturated carbocycles. The van der Waals surface area contributed by atoms with Gasteiger partial charge < -0.3 is 9.13 Å². The summed E-state index contributed by atoms with van der Waals surface area (Å²) in [6, 6.07) is 54.7. The molecule has 0 aliphatic carbocycles. The molecule has 2 aliphatic rings. The molecule has 254 valence electrons. The van der Waals surface area contributed by atoms with Crippen molar-refractivity contribution in [1.29, 1.82) is 0 Å². The predicted octanol–water partition coefficient (Wildman–Crippen LogP) is 12.6. The quantitative estimate of drug-likeness (QED) is 0.173. The van der Waals surface area contributed by atoms with Gasteiger partial charge >= 0.3 is 0 Å². The third-order valence-corrected chi connectivity index (χ3v) is 11.2. The lowest BCUT2D eigenvalue weighted by molar-refractivity contribution is 0.631. The van der Waals surface area contributed by atoms with Gasteiger partial charge in [0.15, 0.2) is 0 Å². The van der Waals surface area contributed by atoms with E-state index >= 15 is 0 Å². The zero-order chi connectivity index (χ0) is 35.5. The number of para-hydroxylation sites is 2. The molecule has 0 unspecified atom stereocenters. The van der Waals surface area contributed by atoms with Gasteiger partial charge in [-0.25, -0.2) is 4.99 Å². The first-order valence-corrected chi connectivity index (χ1v) is 18.6. The van der Waals surface area contributed by atoms with Gasteiger partial charge in [-0.15, -0.1) is 0 Å². The Kier molecular flexibility index (Phi) is 7.29. The summed E-state index contributed by atoms with van der Waals surface area (Å²) in [5.74, 6) is 0. The number of aromatic nitrogens is 2. The molecule has 0 fully saturated rings. The lowest BCUT2D eigenvalue weighted by Crippen LogP contribution is -2.24. The molecule has 2 aromatic heterocycles. The van der Waals surface area contributed by atoms with Gasteiger partial charge in [-0.3, -0.25) is 0 Å². The lowest BCUT2D eigenvalue weighted by atomic mass is 9.76. The first kappa shape index (κ1) is 31.3. The maximum atomic E-state index is 5.26. The molecule has 0 amide bonds. The topological polar surface area (TPSA) is 22.2 Å². The van der Waals surface area contributed by atoms with E-state index in [9.17, 15) is 0 Å². The van der Waals surface area contributed by atoms with Gasteiger partial charge in [0, 0.05) is 45.4 Å². The number of nitrogens with zero attached hydrogens (tertiary/aromatic N) is 3. The Bertz CT molecular complexity index is 2770. The van der Waals surface area contributed by atoms with Crippen LogP contribution in [0.1, 0.15) is 54.5 Å². The summed E-state index contributed by atoms with van der Waals surface area (Å²) in [7, 11) is 0. The van der Waals surface area contributed by atoms with Crippen molar-refractivity contribution in [2.24, 2.45) is 4.99 Å². The molecule has 6 aromatic carbocycles. The van der Waals surface area contributed by atoms with Crippen LogP contribution in [-0.2, 0) is 5.41 Å². The van der Waals surface area contributed by atoms with Crippen LogP contribution >= 0.6 is 0 Å². The molecule has 10 rings (SSSR count). The third kappa shape index (κ3) is 5.23. The highest BCUT2D eigenvalue weighted by molar-refractivity contribution is 6.15. The molecular weight excluding hydrogens is 643 g/mol. The van der Waals surface area contributed by atoms with Crippen LogP contribution in [0.5, 0.6) is 0 Å². The van der Waals surface area contributed by atoms with Gasteiger partial charge in [0.25, 0.3) is 0 Å². The Balaban J connectivity index is 1.08. The molecule has 3 nitrogen and oxygen atoms in total. The molecule has 0 saturated heterocycles. The second-order valence-electron chi connectivity index (χ2n) is 14.8. The molecule has 0 N–H and O–H groups in total. The molecular formula is C50H39N3. The fourth-order valence-corrected chi connectivity index (χ4v) is 8.48. The minimum Gasteiger partial charge on any atom is -0.321 e. The second-order valence-corrected chi connectivity index (χ2v) is 14.8. The summed E-state index contributed by atoms with van der Waals surface area (Å²) in [5.41, 5.74) is 16.8. The van der Waals surface area contributed by atoms with Gasteiger partial charge in [-0.1, -0.05) is 141 Å². The molecule has 2 aliphatic heterocycles. The molecule has 8 aromatic rings. The van der Waals surface area contributed by atoms with E-state index in [4.69, 9.17) is 4.99 Å². The molecule has 0 atom stereocenters. The van der Waals surface area contributed by atoms with Gasteiger partial charge in [-0.05, 0) is 82.6 Å². The molecule has 3 heteroatoms. The molecule has 4 heterocycles. The van der Waals surface area contributed by atoms with E-state index in [0.717, 1.165) is 35.4 Å². The smallest absolute Gasteiger partial charge is 0.0712 e. The maximum absolute atomic E-state index is 5.26. The SMILES string of the molecule is CC1(C)c2cn(-c3ccccc3)cc2-n2c3ccc(-c4cccc(C5=CC(c6ccccc6)=NC(c6ccccc6)=CCC5)c4)cc3c3cccc1c32. The summed E-state index contributed by atoms with van der Waals surface area (Å²) in [6.07, 6.45) is 11.1. The number of hydrogen-bond acceptors (Lipinski definition) is 1. The number of allylic oxidation sites excluding steroid dienone is 3. The summed E-state index contributed by atoms with van der Waals surface area (Å²) in [5, 5.41) is 2.58. The molecule has 0 radical (unpaired) electrons. The van der Waals surface area contributed by atoms with Crippen LogP contribution in [0.15, 0.2) is 181 Å². The van der Waals surface area contributed by atoms with Gasteiger partial charge in [0.2, 0.25) is 0 Å². The Morgan fingerprint density at radius 3 is 2.04 bits per heavy atom. The van der Waals surface area contributed by atoms with E-state index in [1.807, 2.05) is 0 Å². The van der Waals surface area contributed by atoms with Gasteiger partial charge in [0.1, 0.15) is 0 Å². The van der Waals surface area contributed by atoms with Crippen molar-refractivity contribution in [2.75, 3.05) is 0 Å². The second kappa shape index (κ2) is 12.4. The summed E-state index contributed by atoms with van der Waals surface area (Å²) >= 11 is 0. The average Bonchev–Trinajstić information content (AvgIpc) is 3.79. The Hall–Kier alpha value is -6.45. The highest BCUT2D eigenvalue weighted by Gasteiger charge is 2.36. The Labute approximate surface area is 310 Å². The van der Waals surface area contributed by atoms with E-state index in [0.29, 0.717) is 0 Å². The van der Waals surface area contributed by atoms with E-state index < -0.39 is 0 Å². The zero-order valence-electron chi connectivity index (χ0n) is 30.0. The standard InChI is InChI=1S/C50H39N3/c1-50(2)43-25-14-24-41-42-30-39(27-28-47(42)53(49(41)43)48-33-52(32-44(48)50)40-22-10-5-11-23-40)37-20-12-19-36(29-37)38-21-13-26-45(34-15-6-3-7-16-34)51-46(31-38)35-17-8-4-9-18-35/h3-12,14-20,22-33H,13,21H2,1-2H3. The van der Waals surface area contributed by atoms with Crippen molar-refractivity contribution in [3.8, 4) is 22.5 Å². The maximum Gasteiger partial charge on any atom is 0.0712 e. The minimum atomic E-state index is -0.138. The van der Waals surface area contributed by atoms with Crippen LogP contribution in [-0.4, -0.2) is 14.8 Å². The van der Waals surface area contributed by atoms with Crippen molar-refractivity contribution in [3.63, 3.8) is 0 Å². The normalized spacial score (nSPS) is 14.9. The van der Waals surface area contributed by atoms with Crippen molar-refractivity contribution >= 4 is 38.8 Å². The Morgan fingerprint density at radius 2 is 1.25 bits per heavy atom. The number of aliphatic imine (C=N–C) groups is 1. The van der Waals surface area contributed by atoms with Crippen LogP contribution in [0, 0.1) is 0 Å². The first-order valence-electron chi connectivity index (χ1n) is 18.6. The average molecular weight is 682 g/mol. The third-order valence-electron chi connectivity index (χ3n) is 11.2. The fraction of sp³-hybridized carbons (Fsp3) is 0.100. The molecule has 0 spiro atoms. The van der Waals surface area contributed by atoms with E-state index in [1.165, 1.54) is 66.6 Å². The number of rotatable bonds is 5. The minimum absolute atomic E-state index is 0.138. The largest absolute Gasteiger partial charge is 0.321 e. The Morgan fingerprint density at radius 1 is 0.566 bits per heavy atom. The fourth-order valence-electron chi connectivity index (χ4n) is 8.48. The van der Waals surface area contributed by atoms with Crippen LogP contribution in [0.3, 0.4) is 0 Å². The highest BCUT2D eigenvalue weighted by Crippen LogP contribution is 2.48. The number of hydrogen-bond donors (Lipinski definition) is 0. The van der Waals surface area contributed by atoms with Gasteiger partial charge in [0.05, 0.1) is 28.1 Å². The predicted molar refractivity (Wildman–Crippen MR) is 222 cm³/mol. The first-order chi connectivity index (χ1) is 26.0. The lowest BCUT2D eigenvalue weighted by Gasteiger charge is -2.32. The van der Waals surface area contributed by atoms with E-state index in [1.54, 1.807) is 0 Å². The van der Waals surface area contributed by atoms with Crippen LogP contribution in [0.4, 0.5) is 0 Å². The van der Waals surface area contributed by atoms with Crippen molar-refractivity contribution in [1.82, 2.24) is 9.13 Å². The highest BCUT2D eigenvalue weighted by atomic mass is 15.1. The molecule has 0 bridgehead atoms. The summed E-state index contributed by atoms with van der Waals surface area (Å²) in [4.78, 5) is 5.26. The summed E-state index contributed by atoms with van der Waals surface area (Å²) in [6.45, 7) is 4.73. The van der Waals surface area contributed by atoms with Crippen molar-refractivity contribution < 1.29 is 0 Å². The van der Waals surface area contributed by atoms with Crippen molar-refractivity contribution in [2.45, 2.75) is 32.1 Å². The van der Waals surface area contributed by atoms with E-state index in [-0.39, 0.29) is 5.41 Å². The van der Waals surface area contributed by atoms with Crippen LogP contribution < -0.4 is 0 Å². The van der Waals surface area contributed by atoms with Crippen LogP contribution in [0.25, 0.3) is 55.6 Å². The zero-order valence-corrected chi connectivity index (χ0v) is 30.0. The number of fused-ring (bicyclic) bond motifs is 5. The monoisotopic (exact) mass is 681 g/mol. The van der Waals surface area contributed by atoms with Crippen LogP contribution in [0.2, 0.25) is 0 Å². The van der Waals surface area contributed by atoms with Gasteiger partial charge in [-0.2, -0.15) is 0 Å².